The fourth-order valence-electron chi connectivity index (χ4n) is 4.25. The summed E-state index contributed by atoms with van der Waals surface area (Å²) in [7, 11) is 0. The van der Waals surface area contributed by atoms with Crippen molar-refractivity contribution in [1.29, 1.82) is 0 Å². The van der Waals surface area contributed by atoms with Gasteiger partial charge < -0.3 is 10.1 Å². The standard InChI is InChI=1S/C22H23N5O2/c1-13-5-6-16-20(28)18(12-17-15-4-3-7-24-22(15)26-25-17)29-21(16)19(13)14(2)27-10-8-23-9-11-27/h3-7,12,14,23H,8-11H2,1-2H3,(H,24,25,26)/b18-12-. The number of aromatic nitrogens is 3. The Kier molecular flexibility index (Phi) is 4.41. The molecular weight excluding hydrogens is 366 g/mol. The molecule has 4 heterocycles. The first-order valence-electron chi connectivity index (χ1n) is 9.95. The molecule has 148 valence electrons. The molecule has 0 radical (unpaired) electrons. The van der Waals surface area contributed by atoms with Crippen molar-refractivity contribution in [2.75, 3.05) is 26.2 Å². The van der Waals surface area contributed by atoms with Gasteiger partial charge in [-0.2, -0.15) is 5.10 Å². The third-order valence-electron chi connectivity index (χ3n) is 5.85. The highest BCUT2D eigenvalue weighted by Crippen LogP contribution is 2.41. The number of hydrogen-bond donors (Lipinski definition) is 2. The maximum absolute atomic E-state index is 13.1. The molecule has 7 heteroatoms. The summed E-state index contributed by atoms with van der Waals surface area (Å²) in [6.45, 7) is 8.18. The summed E-state index contributed by atoms with van der Waals surface area (Å²) in [6, 6.07) is 7.83. The van der Waals surface area contributed by atoms with E-state index in [-0.39, 0.29) is 11.8 Å². The van der Waals surface area contributed by atoms with Crippen LogP contribution in [0.2, 0.25) is 0 Å². The molecule has 0 aliphatic carbocycles. The van der Waals surface area contributed by atoms with Crippen molar-refractivity contribution in [3.8, 4) is 5.75 Å². The van der Waals surface area contributed by atoms with E-state index in [1.807, 2.05) is 24.3 Å². The van der Waals surface area contributed by atoms with E-state index in [2.05, 4.69) is 39.2 Å². The van der Waals surface area contributed by atoms with E-state index in [4.69, 9.17) is 4.74 Å². The first-order valence-corrected chi connectivity index (χ1v) is 9.95. The van der Waals surface area contributed by atoms with Crippen LogP contribution in [0.4, 0.5) is 0 Å². The second kappa shape index (κ2) is 7.09. The molecule has 0 bridgehead atoms. The smallest absolute Gasteiger partial charge is 0.232 e. The van der Waals surface area contributed by atoms with Crippen LogP contribution in [-0.2, 0) is 0 Å². The van der Waals surface area contributed by atoms with Gasteiger partial charge in [0.15, 0.2) is 11.4 Å². The van der Waals surface area contributed by atoms with Crippen molar-refractivity contribution in [2.24, 2.45) is 0 Å². The first-order chi connectivity index (χ1) is 14.1. The lowest BCUT2D eigenvalue weighted by Gasteiger charge is -2.34. The van der Waals surface area contributed by atoms with Gasteiger partial charge in [0.1, 0.15) is 5.75 Å². The number of carbonyl (C=O) groups excluding carboxylic acids is 1. The van der Waals surface area contributed by atoms with Gasteiger partial charge in [-0.05, 0) is 37.6 Å². The second-order valence-corrected chi connectivity index (χ2v) is 7.58. The van der Waals surface area contributed by atoms with Gasteiger partial charge in [0.05, 0.1) is 11.3 Å². The summed E-state index contributed by atoms with van der Waals surface area (Å²) in [4.78, 5) is 19.7. The van der Waals surface area contributed by atoms with Gasteiger partial charge in [-0.15, -0.1) is 0 Å². The number of ketones is 1. The summed E-state index contributed by atoms with van der Waals surface area (Å²) < 4.78 is 6.16. The molecule has 7 nitrogen and oxygen atoms in total. The molecule has 29 heavy (non-hydrogen) atoms. The SMILES string of the molecule is Cc1ccc2c(c1C(C)N1CCNCC1)O/C(=C\c1n[nH]c3ncccc13)C2=O. The van der Waals surface area contributed by atoms with Crippen LogP contribution < -0.4 is 10.1 Å². The van der Waals surface area contributed by atoms with Crippen LogP contribution in [0.3, 0.4) is 0 Å². The van der Waals surface area contributed by atoms with E-state index >= 15 is 0 Å². The average Bonchev–Trinajstić information content (AvgIpc) is 3.30. The predicted octanol–water partition coefficient (Wildman–Crippen LogP) is 2.85. The van der Waals surface area contributed by atoms with Crippen LogP contribution in [0.5, 0.6) is 5.75 Å². The van der Waals surface area contributed by atoms with E-state index in [1.54, 1.807) is 12.3 Å². The molecular formula is C22H23N5O2. The van der Waals surface area contributed by atoms with Crippen LogP contribution in [0.25, 0.3) is 17.1 Å². The van der Waals surface area contributed by atoms with Gasteiger partial charge >= 0.3 is 0 Å². The molecule has 2 aliphatic heterocycles. The van der Waals surface area contributed by atoms with E-state index < -0.39 is 0 Å². The van der Waals surface area contributed by atoms with Crippen molar-refractivity contribution in [1.82, 2.24) is 25.4 Å². The lowest BCUT2D eigenvalue weighted by molar-refractivity contribution is 0.101. The van der Waals surface area contributed by atoms with Gasteiger partial charge in [0.25, 0.3) is 0 Å². The Hall–Kier alpha value is -3.03. The van der Waals surface area contributed by atoms with Gasteiger partial charge in [0.2, 0.25) is 5.78 Å². The number of aromatic amines is 1. The largest absolute Gasteiger partial charge is 0.452 e. The molecule has 0 amide bonds. The molecule has 1 saturated heterocycles. The zero-order chi connectivity index (χ0) is 20.0. The molecule has 2 N–H and O–H groups in total. The fourth-order valence-corrected chi connectivity index (χ4v) is 4.25. The topological polar surface area (TPSA) is 83.1 Å². The summed E-state index contributed by atoms with van der Waals surface area (Å²) in [6.07, 6.45) is 3.41. The number of hydrogen-bond acceptors (Lipinski definition) is 6. The summed E-state index contributed by atoms with van der Waals surface area (Å²) in [5, 5.41) is 11.4. The molecule has 0 spiro atoms. The molecule has 1 atom stereocenters. The number of aryl methyl sites for hydroxylation is 1. The second-order valence-electron chi connectivity index (χ2n) is 7.58. The Morgan fingerprint density at radius 3 is 2.90 bits per heavy atom. The van der Waals surface area contributed by atoms with Crippen molar-refractivity contribution < 1.29 is 9.53 Å². The average molecular weight is 389 g/mol. The minimum atomic E-state index is -0.103. The number of H-pyrrole nitrogens is 1. The van der Waals surface area contributed by atoms with Crippen LogP contribution in [-0.4, -0.2) is 52.0 Å². The minimum absolute atomic E-state index is 0.103. The van der Waals surface area contributed by atoms with Gasteiger partial charge in [-0.3, -0.25) is 14.8 Å². The molecule has 5 rings (SSSR count). The van der Waals surface area contributed by atoms with Crippen LogP contribution in [0.1, 0.15) is 40.1 Å². The maximum Gasteiger partial charge on any atom is 0.232 e. The number of allylic oxidation sites excluding steroid dienone is 1. The zero-order valence-corrected chi connectivity index (χ0v) is 16.5. The van der Waals surface area contributed by atoms with E-state index in [0.29, 0.717) is 28.4 Å². The lowest BCUT2D eigenvalue weighted by atomic mass is 9.95. The Morgan fingerprint density at radius 2 is 2.07 bits per heavy atom. The molecule has 1 fully saturated rings. The molecule has 0 saturated carbocycles. The first kappa shape index (κ1) is 18.0. The number of ether oxygens (including phenoxy) is 1. The lowest BCUT2D eigenvalue weighted by Crippen LogP contribution is -2.44. The molecule has 1 aromatic carbocycles. The Balaban J connectivity index is 1.53. The number of pyridine rings is 1. The highest BCUT2D eigenvalue weighted by Gasteiger charge is 2.33. The highest BCUT2D eigenvalue weighted by molar-refractivity contribution is 6.15. The summed E-state index contributed by atoms with van der Waals surface area (Å²) in [5.41, 5.74) is 4.19. The van der Waals surface area contributed by atoms with Crippen LogP contribution in [0.15, 0.2) is 36.2 Å². The number of fused-ring (bicyclic) bond motifs is 2. The maximum atomic E-state index is 13.1. The molecule has 3 aromatic rings. The van der Waals surface area contributed by atoms with E-state index in [9.17, 15) is 4.79 Å². The third kappa shape index (κ3) is 3.03. The van der Waals surface area contributed by atoms with E-state index in [1.165, 1.54) is 0 Å². The number of Topliss-reactive ketones (excluding diaryl/α,β-unsaturated/α-hetero) is 1. The number of rotatable bonds is 3. The normalized spacial score (nSPS) is 19.5. The van der Waals surface area contributed by atoms with E-state index in [0.717, 1.165) is 42.7 Å². The van der Waals surface area contributed by atoms with Crippen LogP contribution in [0, 0.1) is 6.92 Å². The van der Waals surface area contributed by atoms with Gasteiger partial charge in [-0.25, -0.2) is 4.98 Å². The quantitative estimate of drug-likeness (QED) is 0.671. The Labute approximate surface area is 168 Å². The number of nitrogens with one attached hydrogen (secondary N) is 2. The predicted molar refractivity (Wildman–Crippen MR) is 111 cm³/mol. The minimum Gasteiger partial charge on any atom is -0.452 e. The Bertz CT molecular complexity index is 1130. The molecule has 2 aromatic heterocycles. The summed E-state index contributed by atoms with van der Waals surface area (Å²) in [5.74, 6) is 0.885. The summed E-state index contributed by atoms with van der Waals surface area (Å²) >= 11 is 0. The zero-order valence-electron chi connectivity index (χ0n) is 16.5. The number of carbonyl (C=O) groups is 1. The van der Waals surface area contributed by atoms with Crippen LogP contribution >= 0.6 is 0 Å². The highest BCUT2D eigenvalue weighted by atomic mass is 16.5. The van der Waals surface area contributed by atoms with Gasteiger partial charge in [-0.1, -0.05) is 6.07 Å². The number of benzene rings is 1. The van der Waals surface area contributed by atoms with Gasteiger partial charge in [0, 0.05) is 55.4 Å². The van der Waals surface area contributed by atoms with Crippen molar-refractivity contribution in [3.05, 3.63) is 58.6 Å². The van der Waals surface area contributed by atoms with Crippen molar-refractivity contribution in [2.45, 2.75) is 19.9 Å². The van der Waals surface area contributed by atoms with Crippen molar-refractivity contribution in [3.63, 3.8) is 0 Å². The third-order valence-corrected chi connectivity index (χ3v) is 5.85. The molecule has 2 aliphatic rings. The fraction of sp³-hybridized carbons (Fsp3) is 0.318. The monoisotopic (exact) mass is 389 g/mol. The van der Waals surface area contributed by atoms with Crippen molar-refractivity contribution >= 4 is 22.9 Å². The number of nitrogens with zero attached hydrogens (tertiary/aromatic N) is 3. The number of piperazine rings is 1. The molecule has 1 unspecified atom stereocenters. The Morgan fingerprint density at radius 1 is 1.24 bits per heavy atom.